The number of nitro benzene ring substituents is 1. The molecular formula is C24H36N2O4. The highest BCUT2D eigenvalue weighted by molar-refractivity contribution is 5.41. The van der Waals surface area contributed by atoms with E-state index in [0.717, 1.165) is 30.9 Å². The number of hydrogen-bond acceptors (Lipinski definition) is 5. The zero-order valence-corrected chi connectivity index (χ0v) is 18.3. The Morgan fingerprint density at radius 2 is 1.17 bits per heavy atom. The molecule has 6 nitrogen and oxygen atoms in total. The minimum atomic E-state index is -0.412. The summed E-state index contributed by atoms with van der Waals surface area (Å²) >= 11 is 0. The van der Waals surface area contributed by atoms with Gasteiger partial charge in [-0.1, -0.05) is 52.4 Å². The van der Waals surface area contributed by atoms with Crippen LogP contribution in [0.3, 0.4) is 0 Å². The van der Waals surface area contributed by atoms with Crippen LogP contribution < -0.4 is 15.2 Å². The first-order valence-electron chi connectivity index (χ1n) is 10.9. The van der Waals surface area contributed by atoms with Crippen LogP contribution in [0.1, 0.15) is 65.2 Å². The van der Waals surface area contributed by atoms with Gasteiger partial charge in [0.2, 0.25) is 0 Å². The number of nitrogens with zero attached hydrogens (tertiary/aromatic N) is 1. The summed E-state index contributed by atoms with van der Waals surface area (Å²) in [5.74, 6) is 1.61. The van der Waals surface area contributed by atoms with Crippen LogP contribution in [0.5, 0.6) is 11.5 Å². The van der Waals surface area contributed by atoms with E-state index >= 15 is 0 Å². The lowest BCUT2D eigenvalue weighted by Crippen LogP contribution is -1.97. The normalized spacial score (nSPS) is 10.1. The number of hydrogen-bond donors (Lipinski definition) is 1. The average Bonchev–Trinajstić information content (AvgIpc) is 2.75. The second kappa shape index (κ2) is 16.1. The van der Waals surface area contributed by atoms with Gasteiger partial charge in [0, 0.05) is 17.8 Å². The molecule has 0 amide bonds. The van der Waals surface area contributed by atoms with Crippen LogP contribution in [0.4, 0.5) is 11.4 Å². The Hall–Kier alpha value is -2.76. The largest absolute Gasteiger partial charge is 0.494 e. The van der Waals surface area contributed by atoms with E-state index < -0.39 is 4.92 Å². The summed E-state index contributed by atoms with van der Waals surface area (Å²) in [4.78, 5) is 10.00. The predicted molar refractivity (Wildman–Crippen MR) is 123 cm³/mol. The number of nitrogen functional groups attached to an aromatic ring is 1. The Morgan fingerprint density at radius 1 is 0.733 bits per heavy atom. The van der Waals surface area contributed by atoms with Gasteiger partial charge in [-0.25, -0.2) is 0 Å². The van der Waals surface area contributed by atoms with Gasteiger partial charge in [-0.3, -0.25) is 10.1 Å². The lowest BCUT2D eigenvalue weighted by atomic mass is 10.2. The molecule has 2 N–H and O–H groups in total. The van der Waals surface area contributed by atoms with Gasteiger partial charge in [0.25, 0.3) is 5.69 Å². The molecule has 0 aromatic heterocycles. The fourth-order valence-electron chi connectivity index (χ4n) is 2.67. The highest BCUT2D eigenvalue weighted by atomic mass is 16.6. The number of benzene rings is 2. The smallest absolute Gasteiger partial charge is 0.269 e. The molecular weight excluding hydrogens is 380 g/mol. The first-order chi connectivity index (χ1) is 14.6. The molecule has 2 aromatic rings. The highest BCUT2D eigenvalue weighted by Gasteiger charge is 2.03. The van der Waals surface area contributed by atoms with Gasteiger partial charge in [0.1, 0.15) is 11.5 Å². The maximum atomic E-state index is 10.4. The van der Waals surface area contributed by atoms with Crippen molar-refractivity contribution in [2.24, 2.45) is 0 Å². The van der Waals surface area contributed by atoms with E-state index in [1.807, 2.05) is 24.3 Å². The van der Waals surface area contributed by atoms with E-state index in [9.17, 15) is 10.1 Å². The molecule has 166 valence electrons. The fraction of sp³-hybridized carbons (Fsp3) is 0.500. The molecule has 6 heteroatoms. The van der Waals surface area contributed by atoms with Gasteiger partial charge in [-0.2, -0.15) is 0 Å². The first-order valence-corrected chi connectivity index (χ1v) is 10.9. The van der Waals surface area contributed by atoms with Gasteiger partial charge in [-0.15, -0.1) is 0 Å². The van der Waals surface area contributed by atoms with Crippen LogP contribution in [0.15, 0.2) is 48.5 Å². The number of ether oxygens (including phenoxy) is 2. The van der Waals surface area contributed by atoms with Crippen molar-refractivity contribution in [2.75, 3.05) is 18.9 Å². The van der Waals surface area contributed by atoms with Gasteiger partial charge >= 0.3 is 0 Å². The minimum absolute atomic E-state index is 0.0957. The minimum Gasteiger partial charge on any atom is -0.494 e. The molecule has 0 bridgehead atoms. The lowest BCUT2D eigenvalue weighted by molar-refractivity contribution is -0.384. The summed E-state index contributed by atoms with van der Waals surface area (Å²) in [6, 6.07) is 13.7. The molecule has 2 aromatic carbocycles. The monoisotopic (exact) mass is 416 g/mol. The van der Waals surface area contributed by atoms with Gasteiger partial charge in [-0.05, 0) is 49.2 Å². The number of unbranched alkanes of at least 4 members (excludes halogenated alkanes) is 6. The third-order valence-electron chi connectivity index (χ3n) is 4.46. The van der Waals surface area contributed by atoms with Crippen LogP contribution in [0.25, 0.3) is 0 Å². The summed E-state index contributed by atoms with van der Waals surface area (Å²) in [5.41, 5.74) is 6.44. The molecule has 2 rings (SSSR count). The quantitative estimate of drug-likeness (QED) is 0.168. The van der Waals surface area contributed by atoms with Crippen LogP contribution in [-0.2, 0) is 0 Å². The standard InChI is InChI=1S/C12H17NO3.C12H19NO/c1-2-3-4-5-10-16-12-8-6-11(7-9-12)13(14)15;1-2-3-4-5-10-14-12-8-6-11(13)7-9-12/h6-9H,2-5,10H2,1H3;6-9H,2-5,10,13H2,1H3. The van der Waals surface area contributed by atoms with Crippen molar-refractivity contribution in [3.8, 4) is 11.5 Å². The number of non-ortho nitro benzene ring substituents is 1. The number of rotatable bonds is 13. The van der Waals surface area contributed by atoms with E-state index in [1.165, 1.54) is 50.7 Å². The summed E-state index contributed by atoms with van der Waals surface area (Å²) in [6.45, 7) is 5.86. The van der Waals surface area contributed by atoms with E-state index in [4.69, 9.17) is 15.2 Å². The molecule has 0 heterocycles. The van der Waals surface area contributed by atoms with Gasteiger partial charge in [0.15, 0.2) is 0 Å². The van der Waals surface area contributed by atoms with Crippen molar-refractivity contribution < 1.29 is 14.4 Å². The van der Waals surface area contributed by atoms with Gasteiger partial charge in [0.05, 0.1) is 18.1 Å². The summed E-state index contributed by atoms with van der Waals surface area (Å²) in [6.07, 6.45) is 9.59. The number of nitrogens with two attached hydrogens (primary N) is 1. The third-order valence-corrected chi connectivity index (χ3v) is 4.46. The zero-order chi connectivity index (χ0) is 22.0. The Balaban J connectivity index is 0.000000303. The zero-order valence-electron chi connectivity index (χ0n) is 18.3. The lowest BCUT2D eigenvalue weighted by Gasteiger charge is -2.05. The molecule has 0 radical (unpaired) electrons. The molecule has 0 spiro atoms. The second-order valence-corrected chi connectivity index (χ2v) is 7.14. The van der Waals surface area contributed by atoms with Crippen LogP contribution in [-0.4, -0.2) is 18.1 Å². The molecule has 0 atom stereocenters. The van der Waals surface area contributed by atoms with E-state index in [-0.39, 0.29) is 5.69 Å². The Morgan fingerprint density at radius 3 is 1.57 bits per heavy atom. The first kappa shape index (κ1) is 25.3. The highest BCUT2D eigenvalue weighted by Crippen LogP contribution is 2.17. The van der Waals surface area contributed by atoms with Crippen LogP contribution >= 0.6 is 0 Å². The Kier molecular flexibility index (Phi) is 13.6. The molecule has 0 aliphatic heterocycles. The summed E-state index contributed by atoms with van der Waals surface area (Å²) in [7, 11) is 0. The maximum absolute atomic E-state index is 10.4. The number of nitro groups is 1. The predicted octanol–water partition coefficient (Wildman–Crippen LogP) is 6.78. The topological polar surface area (TPSA) is 87.6 Å². The molecule has 30 heavy (non-hydrogen) atoms. The average molecular weight is 417 g/mol. The SMILES string of the molecule is CCCCCCOc1ccc(N)cc1.CCCCCCOc1ccc([N+](=O)[O-])cc1. The van der Waals surface area contributed by atoms with Crippen LogP contribution in [0.2, 0.25) is 0 Å². The number of anilines is 1. The summed E-state index contributed by atoms with van der Waals surface area (Å²) < 4.78 is 11.0. The van der Waals surface area contributed by atoms with E-state index in [2.05, 4.69) is 13.8 Å². The van der Waals surface area contributed by atoms with Crippen molar-refractivity contribution in [1.29, 1.82) is 0 Å². The molecule has 0 saturated carbocycles. The van der Waals surface area contributed by atoms with E-state index in [0.29, 0.717) is 12.4 Å². The molecule has 0 saturated heterocycles. The van der Waals surface area contributed by atoms with E-state index in [1.54, 1.807) is 12.1 Å². The fourth-order valence-corrected chi connectivity index (χ4v) is 2.67. The van der Waals surface area contributed by atoms with Crippen molar-refractivity contribution in [3.63, 3.8) is 0 Å². The second-order valence-electron chi connectivity index (χ2n) is 7.14. The summed E-state index contributed by atoms with van der Waals surface area (Å²) in [5, 5.41) is 10.4. The maximum Gasteiger partial charge on any atom is 0.269 e. The molecule has 0 unspecified atom stereocenters. The Labute approximate surface area is 180 Å². The van der Waals surface area contributed by atoms with Crippen molar-refractivity contribution in [3.05, 3.63) is 58.6 Å². The van der Waals surface area contributed by atoms with Gasteiger partial charge < -0.3 is 15.2 Å². The molecule has 0 aliphatic carbocycles. The molecule has 0 fully saturated rings. The third kappa shape index (κ3) is 11.9. The van der Waals surface area contributed by atoms with Crippen molar-refractivity contribution in [1.82, 2.24) is 0 Å². The molecule has 0 aliphatic rings. The van der Waals surface area contributed by atoms with Crippen molar-refractivity contribution in [2.45, 2.75) is 65.2 Å². The Bertz CT molecular complexity index is 687. The van der Waals surface area contributed by atoms with Crippen LogP contribution in [0, 0.1) is 10.1 Å². The van der Waals surface area contributed by atoms with Crippen molar-refractivity contribution >= 4 is 11.4 Å².